The van der Waals surface area contributed by atoms with Gasteiger partial charge in [-0.1, -0.05) is 0 Å². The zero-order valence-corrected chi connectivity index (χ0v) is 11.7. The standard InChI is InChI=1S/C10H17N5O4S/c1-2-14-5-8(9(11)13-14)20(18,19)15-4-6(16)3-7(15)10(12)17/h5-7,16H,2-4H2,1H3,(H2,11,13)(H2,12,17). The minimum atomic E-state index is -4.02. The molecule has 112 valence electrons. The Morgan fingerprint density at radius 2 is 2.25 bits per heavy atom. The Labute approximate surface area is 116 Å². The molecule has 5 N–H and O–H groups in total. The lowest BCUT2D eigenvalue weighted by Gasteiger charge is -2.20. The van der Waals surface area contributed by atoms with E-state index < -0.39 is 28.1 Å². The van der Waals surface area contributed by atoms with E-state index in [1.165, 1.54) is 10.9 Å². The maximum absolute atomic E-state index is 12.5. The summed E-state index contributed by atoms with van der Waals surface area (Å²) in [5, 5.41) is 13.4. The highest BCUT2D eigenvalue weighted by Crippen LogP contribution is 2.28. The van der Waals surface area contributed by atoms with Gasteiger partial charge >= 0.3 is 0 Å². The van der Waals surface area contributed by atoms with Crippen molar-refractivity contribution >= 4 is 21.7 Å². The molecular formula is C10H17N5O4S. The van der Waals surface area contributed by atoms with Crippen molar-refractivity contribution in [3.05, 3.63) is 6.20 Å². The van der Waals surface area contributed by atoms with Crippen LogP contribution in [0.3, 0.4) is 0 Å². The molecule has 0 saturated carbocycles. The normalized spacial score (nSPS) is 24.1. The minimum absolute atomic E-state index is 0.0175. The van der Waals surface area contributed by atoms with Gasteiger partial charge < -0.3 is 16.6 Å². The Morgan fingerprint density at radius 1 is 1.60 bits per heavy atom. The maximum Gasteiger partial charge on any atom is 0.249 e. The number of aryl methyl sites for hydroxylation is 1. The Hall–Kier alpha value is -1.65. The van der Waals surface area contributed by atoms with Crippen molar-refractivity contribution < 1.29 is 18.3 Å². The highest BCUT2D eigenvalue weighted by Gasteiger charge is 2.43. The fraction of sp³-hybridized carbons (Fsp3) is 0.600. The van der Waals surface area contributed by atoms with Crippen molar-refractivity contribution in [2.24, 2.45) is 5.73 Å². The number of rotatable bonds is 4. The molecule has 0 aliphatic carbocycles. The number of hydrogen-bond donors (Lipinski definition) is 3. The number of anilines is 1. The van der Waals surface area contributed by atoms with Gasteiger partial charge in [-0.15, -0.1) is 0 Å². The summed E-state index contributed by atoms with van der Waals surface area (Å²) in [6, 6.07) is -1.07. The molecule has 0 aromatic carbocycles. The van der Waals surface area contributed by atoms with Gasteiger partial charge in [0.25, 0.3) is 0 Å². The van der Waals surface area contributed by atoms with Gasteiger partial charge in [-0.25, -0.2) is 8.42 Å². The summed E-state index contributed by atoms with van der Waals surface area (Å²) in [6.07, 6.45) is 0.355. The number of aromatic nitrogens is 2. The number of hydrogen-bond acceptors (Lipinski definition) is 6. The monoisotopic (exact) mass is 303 g/mol. The number of carbonyl (C=O) groups excluding carboxylic acids is 1. The van der Waals surface area contributed by atoms with Gasteiger partial charge in [-0.05, 0) is 6.92 Å². The van der Waals surface area contributed by atoms with Gasteiger partial charge in [0.05, 0.1) is 6.10 Å². The Balaban J connectivity index is 2.43. The van der Waals surface area contributed by atoms with Crippen LogP contribution in [0.1, 0.15) is 13.3 Å². The molecule has 2 unspecified atom stereocenters. The number of carbonyl (C=O) groups is 1. The van der Waals surface area contributed by atoms with Crippen molar-refractivity contribution in [3.63, 3.8) is 0 Å². The van der Waals surface area contributed by atoms with Crippen LogP contribution in [0.25, 0.3) is 0 Å². The second-order valence-electron chi connectivity index (χ2n) is 4.62. The van der Waals surface area contributed by atoms with Crippen LogP contribution < -0.4 is 11.5 Å². The van der Waals surface area contributed by atoms with Crippen LogP contribution in [0.15, 0.2) is 11.1 Å². The van der Waals surface area contributed by atoms with Crippen molar-refractivity contribution in [1.82, 2.24) is 14.1 Å². The highest BCUT2D eigenvalue weighted by atomic mass is 32.2. The number of nitrogens with two attached hydrogens (primary N) is 2. The number of nitrogen functional groups attached to an aromatic ring is 1. The summed E-state index contributed by atoms with van der Waals surface area (Å²) in [6.45, 7) is 2.06. The van der Waals surface area contributed by atoms with E-state index in [1.54, 1.807) is 6.92 Å². The molecule has 10 heteroatoms. The van der Waals surface area contributed by atoms with Gasteiger partial charge in [0.2, 0.25) is 15.9 Å². The molecule has 9 nitrogen and oxygen atoms in total. The maximum atomic E-state index is 12.5. The van der Waals surface area contributed by atoms with Crippen LogP contribution in [0.4, 0.5) is 5.82 Å². The van der Waals surface area contributed by atoms with Crippen LogP contribution in [-0.4, -0.2) is 52.2 Å². The first kappa shape index (κ1) is 14.8. The Morgan fingerprint density at radius 3 is 2.75 bits per heavy atom. The summed E-state index contributed by atoms with van der Waals surface area (Å²) in [5.74, 6) is -0.942. The van der Waals surface area contributed by atoms with Crippen molar-refractivity contribution in [3.8, 4) is 0 Å². The summed E-state index contributed by atoms with van der Waals surface area (Å²) >= 11 is 0. The van der Waals surface area contributed by atoms with Crippen molar-refractivity contribution in [2.75, 3.05) is 12.3 Å². The van der Waals surface area contributed by atoms with E-state index >= 15 is 0 Å². The predicted octanol–water partition coefficient (Wildman–Crippen LogP) is -1.91. The van der Waals surface area contributed by atoms with Gasteiger partial charge in [-0.2, -0.15) is 9.40 Å². The van der Waals surface area contributed by atoms with E-state index in [0.29, 0.717) is 6.54 Å². The zero-order valence-electron chi connectivity index (χ0n) is 10.9. The first-order valence-corrected chi connectivity index (χ1v) is 7.53. The van der Waals surface area contributed by atoms with E-state index in [0.717, 1.165) is 4.31 Å². The second kappa shape index (κ2) is 5.04. The van der Waals surface area contributed by atoms with Gasteiger partial charge in [-0.3, -0.25) is 9.48 Å². The predicted molar refractivity (Wildman–Crippen MR) is 69.8 cm³/mol. The lowest BCUT2D eigenvalue weighted by atomic mass is 10.2. The Bertz CT molecular complexity index is 626. The lowest BCUT2D eigenvalue weighted by Crippen LogP contribution is -2.43. The van der Waals surface area contributed by atoms with Crippen molar-refractivity contribution in [2.45, 2.75) is 36.9 Å². The topological polar surface area (TPSA) is 145 Å². The summed E-state index contributed by atoms with van der Waals surface area (Å²) in [4.78, 5) is 11.2. The third kappa shape index (κ3) is 2.37. The van der Waals surface area contributed by atoms with Crippen molar-refractivity contribution in [1.29, 1.82) is 0 Å². The molecule has 1 saturated heterocycles. The van der Waals surface area contributed by atoms with E-state index in [4.69, 9.17) is 11.5 Å². The number of amides is 1. The lowest BCUT2D eigenvalue weighted by molar-refractivity contribution is -0.121. The molecule has 20 heavy (non-hydrogen) atoms. The van der Waals surface area contributed by atoms with Crippen LogP contribution >= 0.6 is 0 Å². The first-order chi connectivity index (χ1) is 9.27. The molecular weight excluding hydrogens is 286 g/mol. The summed E-state index contributed by atoms with van der Waals surface area (Å²) < 4.78 is 27.3. The minimum Gasteiger partial charge on any atom is -0.392 e. The Kier molecular flexibility index (Phi) is 3.71. The molecule has 2 rings (SSSR count). The smallest absolute Gasteiger partial charge is 0.249 e. The highest BCUT2D eigenvalue weighted by molar-refractivity contribution is 7.89. The van der Waals surface area contributed by atoms with Crippen LogP contribution in [-0.2, 0) is 21.4 Å². The van der Waals surface area contributed by atoms with E-state index in [2.05, 4.69) is 5.10 Å². The number of aliphatic hydroxyl groups is 1. The quantitative estimate of drug-likeness (QED) is 0.592. The number of β-amino-alcohol motifs (C(OH)–C–C–N with tert-alkyl or cyclic N) is 1. The molecule has 2 heterocycles. The molecule has 1 fully saturated rings. The number of nitrogens with zero attached hydrogens (tertiary/aromatic N) is 3. The van der Waals surface area contributed by atoms with Crippen LogP contribution in [0.5, 0.6) is 0 Å². The zero-order chi connectivity index (χ0) is 15.1. The SMILES string of the molecule is CCn1cc(S(=O)(=O)N2CC(O)CC2C(N)=O)c(N)n1. The summed E-state index contributed by atoms with van der Waals surface area (Å²) in [5.41, 5.74) is 10.8. The van der Waals surface area contributed by atoms with Crippen LogP contribution in [0.2, 0.25) is 0 Å². The molecule has 1 aromatic rings. The molecule has 2 atom stereocenters. The average molecular weight is 303 g/mol. The molecule has 1 aliphatic heterocycles. The number of aliphatic hydroxyl groups excluding tert-OH is 1. The third-order valence-electron chi connectivity index (χ3n) is 3.23. The molecule has 1 amide bonds. The van der Waals surface area contributed by atoms with E-state index in [1.807, 2.05) is 0 Å². The molecule has 0 spiro atoms. The molecule has 1 aliphatic rings. The van der Waals surface area contributed by atoms with Gasteiger partial charge in [0.15, 0.2) is 5.82 Å². The number of sulfonamides is 1. The fourth-order valence-electron chi connectivity index (χ4n) is 2.21. The third-order valence-corrected chi connectivity index (χ3v) is 5.12. The summed E-state index contributed by atoms with van der Waals surface area (Å²) in [7, 11) is -4.02. The molecule has 0 bridgehead atoms. The average Bonchev–Trinajstić information content (AvgIpc) is 2.93. The largest absolute Gasteiger partial charge is 0.392 e. The van der Waals surface area contributed by atoms with E-state index in [-0.39, 0.29) is 23.7 Å². The van der Waals surface area contributed by atoms with Crippen LogP contribution in [0, 0.1) is 0 Å². The molecule has 0 radical (unpaired) electrons. The molecule has 1 aromatic heterocycles. The second-order valence-corrected chi connectivity index (χ2v) is 6.48. The van der Waals surface area contributed by atoms with Gasteiger partial charge in [0, 0.05) is 25.7 Å². The number of primary amides is 1. The first-order valence-electron chi connectivity index (χ1n) is 6.09. The van der Waals surface area contributed by atoms with Gasteiger partial charge in [0.1, 0.15) is 10.9 Å². The fourth-order valence-corrected chi connectivity index (χ4v) is 3.92. The van der Waals surface area contributed by atoms with E-state index in [9.17, 15) is 18.3 Å².